The van der Waals surface area contributed by atoms with Gasteiger partial charge in [-0.3, -0.25) is 14.2 Å². The van der Waals surface area contributed by atoms with Gasteiger partial charge in [0.15, 0.2) is 0 Å². The Hall–Kier alpha value is -3.03. The summed E-state index contributed by atoms with van der Waals surface area (Å²) in [5.74, 6) is -0.694. The zero-order valence-corrected chi connectivity index (χ0v) is 13.1. The molecule has 0 radical (unpaired) electrons. The van der Waals surface area contributed by atoms with Crippen molar-refractivity contribution in [1.82, 2.24) is 20.0 Å². The van der Waals surface area contributed by atoms with Crippen molar-refractivity contribution in [2.75, 3.05) is 0 Å². The molecule has 0 atom stereocenters. The molecule has 0 saturated heterocycles. The lowest BCUT2D eigenvalue weighted by Gasteiger charge is -2.09. The van der Waals surface area contributed by atoms with Crippen LogP contribution < -0.4 is 10.9 Å². The van der Waals surface area contributed by atoms with Gasteiger partial charge >= 0.3 is 0 Å². The van der Waals surface area contributed by atoms with Crippen LogP contribution in [-0.2, 0) is 11.3 Å². The van der Waals surface area contributed by atoms with Crippen molar-refractivity contribution in [2.45, 2.75) is 26.4 Å². The molecule has 0 aliphatic rings. The molecule has 0 fully saturated rings. The van der Waals surface area contributed by atoms with Gasteiger partial charge in [0.2, 0.25) is 5.91 Å². The topological polar surface area (TPSA) is 90.0 Å². The van der Waals surface area contributed by atoms with Crippen LogP contribution in [0, 0.1) is 5.82 Å². The third-order valence-corrected chi connectivity index (χ3v) is 3.34. The highest BCUT2D eigenvalue weighted by Crippen LogP contribution is 2.24. The number of halogens is 1. The summed E-state index contributed by atoms with van der Waals surface area (Å²) in [6, 6.07) is 5.49. The fourth-order valence-corrected chi connectivity index (χ4v) is 2.32. The molecule has 3 rings (SSSR count). The van der Waals surface area contributed by atoms with E-state index in [0.29, 0.717) is 5.56 Å². The number of hydrogen-bond acceptors (Lipinski definition) is 5. The largest absolute Gasteiger partial charge is 0.352 e. The standard InChI is InChI=1S/C16H15FN4O3/c1-9(2)19-12(22)7-21-8-18-15-13(16(21)23)14(20-24-15)10-3-5-11(17)6-4-10/h3-6,8-9H,7H2,1-2H3,(H,19,22). The number of nitrogens with one attached hydrogen (secondary N) is 1. The Morgan fingerprint density at radius 2 is 2.04 bits per heavy atom. The molecule has 0 saturated carbocycles. The molecule has 0 aliphatic heterocycles. The van der Waals surface area contributed by atoms with Gasteiger partial charge in [-0.25, -0.2) is 9.37 Å². The van der Waals surface area contributed by atoms with Crippen LogP contribution in [0.4, 0.5) is 4.39 Å². The van der Waals surface area contributed by atoms with Gasteiger partial charge in [-0.1, -0.05) is 5.16 Å². The van der Waals surface area contributed by atoms with Gasteiger partial charge in [0.05, 0.1) is 0 Å². The summed E-state index contributed by atoms with van der Waals surface area (Å²) in [6.45, 7) is 3.50. The highest BCUT2D eigenvalue weighted by atomic mass is 19.1. The maximum absolute atomic E-state index is 13.1. The average molecular weight is 330 g/mol. The minimum absolute atomic E-state index is 0.0322. The van der Waals surface area contributed by atoms with Crippen molar-refractivity contribution in [1.29, 1.82) is 0 Å². The molecule has 1 amide bonds. The lowest BCUT2D eigenvalue weighted by Crippen LogP contribution is -2.36. The van der Waals surface area contributed by atoms with Crippen LogP contribution in [0.3, 0.4) is 0 Å². The first-order valence-electron chi connectivity index (χ1n) is 7.36. The minimum Gasteiger partial charge on any atom is -0.352 e. The number of benzene rings is 1. The van der Waals surface area contributed by atoms with Gasteiger partial charge in [-0.2, -0.15) is 0 Å². The number of fused-ring (bicyclic) bond motifs is 1. The molecule has 7 nitrogen and oxygen atoms in total. The van der Waals surface area contributed by atoms with Crippen LogP contribution in [0.15, 0.2) is 39.9 Å². The maximum atomic E-state index is 13.1. The van der Waals surface area contributed by atoms with E-state index in [2.05, 4.69) is 15.5 Å². The maximum Gasteiger partial charge on any atom is 0.267 e. The molecule has 124 valence electrons. The summed E-state index contributed by atoms with van der Waals surface area (Å²) in [4.78, 5) is 28.5. The second-order valence-electron chi connectivity index (χ2n) is 5.62. The minimum atomic E-state index is -0.445. The lowest BCUT2D eigenvalue weighted by molar-refractivity contribution is -0.122. The van der Waals surface area contributed by atoms with Crippen molar-refractivity contribution in [3.05, 3.63) is 46.8 Å². The molecule has 0 aliphatic carbocycles. The number of nitrogens with zero attached hydrogens (tertiary/aromatic N) is 3. The molecule has 3 aromatic rings. The van der Waals surface area contributed by atoms with Crippen molar-refractivity contribution >= 4 is 17.0 Å². The number of carbonyl (C=O) groups is 1. The summed E-state index contributed by atoms with van der Waals surface area (Å²) >= 11 is 0. The monoisotopic (exact) mass is 330 g/mol. The fourth-order valence-electron chi connectivity index (χ4n) is 2.32. The average Bonchev–Trinajstić information content (AvgIpc) is 2.95. The second-order valence-corrected chi connectivity index (χ2v) is 5.62. The first-order valence-corrected chi connectivity index (χ1v) is 7.36. The molecule has 1 aromatic carbocycles. The molecule has 1 N–H and O–H groups in total. The lowest BCUT2D eigenvalue weighted by atomic mass is 10.1. The highest BCUT2D eigenvalue weighted by molar-refractivity contribution is 5.88. The van der Waals surface area contributed by atoms with Crippen LogP contribution in [0.25, 0.3) is 22.4 Å². The van der Waals surface area contributed by atoms with Gasteiger partial charge < -0.3 is 9.84 Å². The summed E-state index contributed by atoms with van der Waals surface area (Å²) < 4.78 is 19.3. The van der Waals surface area contributed by atoms with Crippen molar-refractivity contribution in [3.8, 4) is 11.3 Å². The Balaban J connectivity index is 2.04. The van der Waals surface area contributed by atoms with E-state index in [1.54, 1.807) is 0 Å². The van der Waals surface area contributed by atoms with Crippen LogP contribution in [-0.4, -0.2) is 26.7 Å². The molecular formula is C16H15FN4O3. The van der Waals surface area contributed by atoms with Gasteiger partial charge in [-0.05, 0) is 38.1 Å². The van der Waals surface area contributed by atoms with Gasteiger partial charge in [0.1, 0.15) is 29.8 Å². The van der Waals surface area contributed by atoms with Crippen LogP contribution in [0.5, 0.6) is 0 Å². The molecule has 2 aromatic heterocycles. The Morgan fingerprint density at radius 1 is 1.33 bits per heavy atom. The molecule has 2 heterocycles. The van der Waals surface area contributed by atoms with E-state index >= 15 is 0 Å². The van der Waals surface area contributed by atoms with Crippen LogP contribution >= 0.6 is 0 Å². The van der Waals surface area contributed by atoms with Crippen molar-refractivity contribution < 1.29 is 13.7 Å². The van der Waals surface area contributed by atoms with E-state index < -0.39 is 11.4 Å². The third-order valence-electron chi connectivity index (χ3n) is 3.34. The molecule has 0 bridgehead atoms. The van der Waals surface area contributed by atoms with E-state index in [0.717, 1.165) is 0 Å². The fraction of sp³-hybridized carbons (Fsp3) is 0.250. The predicted octanol–water partition coefficient (Wildman–Crippen LogP) is 1.72. The summed E-state index contributed by atoms with van der Waals surface area (Å²) in [5.41, 5.74) is 0.416. The van der Waals surface area contributed by atoms with E-state index in [9.17, 15) is 14.0 Å². The normalized spacial score (nSPS) is 11.2. The molecule has 0 unspecified atom stereocenters. The zero-order chi connectivity index (χ0) is 17.3. The van der Waals surface area contributed by atoms with Gasteiger partial charge in [0.25, 0.3) is 11.3 Å². The third kappa shape index (κ3) is 3.03. The summed E-state index contributed by atoms with van der Waals surface area (Å²) in [5, 5.41) is 6.71. The molecule has 8 heteroatoms. The molecule has 0 spiro atoms. The molecule has 24 heavy (non-hydrogen) atoms. The number of rotatable bonds is 4. The first-order chi connectivity index (χ1) is 11.5. The van der Waals surface area contributed by atoms with Crippen LogP contribution in [0.1, 0.15) is 13.8 Å². The van der Waals surface area contributed by atoms with Crippen molar-refractivity contribution in [3.63, 3.8) is 0 Å². The number of amides is 1. The number of carbonyl (C=O) groups excluding carboxylic acids is 1. The Morgan fingerprint density at radius 3 is 2.71 bits per heavy atom. The van der Waals surface area contributed by atoms with Crippen molar-refractivity contribution in [2.24, 2.45) is 0 Å². The van der Waals surface area contributed by atoms with E-state index in [-0.39, 0.29) is 35.3 Å². The molecular weight excluding hydrogens is 315 g/mol. The predicted molar refractivity (Wildman–Crippen MR) is 84.7 cm³/mol. The summed E-state index contributed by atoms with van der Waals surface area (Å²) in [6.07, 6.45) is 1.24. The zero-order valence-electron chi connectivity index (χ0n) is 13.1. The highest BCUT2D eigenvalue weighted by Gasteiger charge is 2.18. The summed E-state index contributed by atoms with van der Waals surface area (Å²) in [7, 11) is 0. The van der Waals surface area contributed by atoms with Gasteiger partial charge in [-0.15, -0.1) is 0 Å². The Labute approximate surface area is 136 Å². The van der Waals surface area contributed by atoms with E-state index in [1.807, 2.05) is 13.8 Å². The smallest absolute Gasteiger partial charge is 0.267 e. The quantitative estimate of drug-likeness (QED) is 0.786. The van der Waals surface area contributed by atoms with E-state index in [4.69, 9.17) is 4.52 Å². The Kier molecular flexibility index (Phi) is 4.11. The SMILES string of the molecule is CC(C)NC(=O)Cn1cnc2onc(-c3ccc(F)cc3)c2c1=O. The first kappa shape index (κ1) is 15.9. The number of hydrogen-bond donors (Lipinski definition) is 1. The van der Waals surface area contributed by atoms with E-state index in [1.165, 1.54) is 35.2 Å². The second kappa shape index (κ2) is 6.23. The van der Waals surface area contributed by atoms with Gasteiger partial charge in [0, 0.05) is 11.6 Å². The Bertz CT molecular complexity index is 944. The number of aromatic nitrogens is 3. The van der Waals surface area contributed by atoms with Crippen LogP contribution in [0.2, 0.25) is 0 Å².